The zero-order valence-corrected chi connectivity index (χ0v) is 9.06. The number of para-hydroxylation sites is 1. The first-order chi connectivity index (χ1) is 8.09. The highest BCUT2D eigenvalue weighted by Gasteiger charge is 2.15. The minimum absolute atomic E-state index is 0.0652. The molecule has 2 aromatic rings. The molecule has 0 radical (unpaired) electrons. The van der Waals surface area contributed by atoms with Crippen LogP contribution >= 0.6 is 0 Å². The molecule has 0 spiro atoms. The van der Waals surface area contributed by atoms with Crippen molar-refractivity contribution in [1.29, 1.82) is 0 Å². The quantitative estimate of drug-likeness (QED) is 0.867. The molecule has 0 bridgehead atoms. The summed E-state index contributed by atoms with van der Waals surface area (Å²) in [7, 11) is 1.50. The number of nitrogens with zero attached hydrogens (tertiary/aromatic N) is 3. The number of rotatable bonds is 2. The fourth-order valence-electron chi connectivity index (χ4n) is 1.44. The smallest absolute Gasteiger partial charge is 0.222 e. The summed E-state index contributed by atoms with van der Waals surface area (Å²) in [5, 5.41) is 0. The first-order valence-electron chi connectivity index (χ1n) is 4.86. The number of benzene rings is 1. The number of hydrogen-bond acceptors (Lipinski definition) is 4. The summed E-state index contributed by atoms with van der Waals surface area (Å²) >= 11 is 0. The molecule has 6 heteroatoms. The summed E-state index contributed by atoms with van der Waals surface area (Å²) in [6, 6.07) is 6.01. The van der Waals surface area contributed by atoms with Gasteiger partial charge in [0.1, 0.15) is 5.82 Å². The topological polar surface area (TPSA) is 55.0 Å². The lowest BCUT2D eigenvalue weighted by Gasteiger charge is -2.19. The van der Waals surface area contributed by atoms with Crippen LogP contribution in [0.3, 0.4) is 0 Å². The normalized spacial score (nSPS) is 10.3. The number of aromatic nitrogens is 2. The molecule has 2 N–H and O–H groups in total. The maximum atomic E-state index is 13.5. The van der Waals surface area contributed by atoms with Crippen LogP contribution in [0.1, 0.15) is 0 Å². The molecule has 0 aliphatic carbocycles. The zero-order chi connectivity index (χ0) is 12.4. The summed E-state index contributed by atoms with van der Waals surface area (Å²) in [5.74, 6) is -1.26. The lowest BCUT2D eigenvalue weighted by molar-refractivity contribution is 0.608. The van der Waals surface area contributed by atoms with E-state index in [0.29, 0.717) is 0 Å². The second-order valence-electron chi connectivity index (χ2n) is 3.41. The third-order valence-corrected chi connectivity index (χ3v) is 2.28. The third-order valence-electron chi connectivity index (χ3n) is 2.28. The van der Waals surface area contributed by atoms with Crippen LogP contribution in [0.15, 0.2) is 30.5 Å². The molecule has 0 aliphatic heterocycles. The molecule has 0 aliphatic rings. The van der Waals surface area contributed by atoms with Gasteiger partial charge < -0.3 is 10.6 Å². The summed E-state index contributed by atoms with van der Waals surface area (Å²) in [6.45, 7) is 0. The Morgan fingerprint density at radius 1 is 1.18 bits per heavy atom. The van der Waals surface area contributed by atoms with Gasteiger partial charge in [0.05, 0.1) is 11.9 Å². The van der Waals surface area contributed by atoms with Gasteiger partial charge in [0.2, 0.25) is 5.95 Å². The minimum atomic E-state index is -0.662. The number of hydrogen-bond donors (Lipinski definition) is 1. The van der Waals surface area contributed by atoms with Gasteiger partial charge in [0.15, 0.2) is 11.6 Å². The van der Waals surface area contributed by atoms with Crippen molar-refractivity contribution in [3.05, 3.63) is 42.1 Å². The van der Waals surface area contributed by atoms with E-state index in [1.54, 1.807) is 12.1 Å². The van der Waals surface area contributed by atoms with Crippen LogP contribution in [0.4, 0.5) is 26.2 Å². The molecule has 1 heterocycles. The van der Waals surface area contributed by atoms with Gasteiger partial charge in [0.25, 0.3) is 0 Å². The van der Waals surface area contributed by atoms with E-state index in [1.807, 2.05) is 0 Å². The van der Waals surface area contributed by atoms with Gasteiger partial charge in [-0.05, 0) is 12.1 Å². The Labute approximate surface area is 96.7 Å². The maximum Gasteiger partial charge on any atom is 0.222 e. The van der Waals surface area contributed by atoms with Crippen LogP contribution < -0.4 is 10.6 Å². The molecular formula is C11H10F2N4. The largest absolute Gasteiger partial charge is 0.368 e. The van der Waals surface area contributed by atoms with Crippen molar-refractivity contribution >= 4 is 17.5 Å². The Morgan fingerprint density at radius 2 is 1.88 bits per heavy atom. The first kappa shape index (κ1) is 11.3. The van der Waals surface area contributed by atoms with Crippen LogP contribution in [0.25, 0.3) is 0 Å². The van der Waals surface area contributed by atoms with Gasteiger partial charge in [-0.2, -0.15) is 4.98 Å². The van der Waals surface area contributed by atoms with Gasteiger partial charge >= 0.3 is 0 Å². The number of halogens is 2. The standard InChI is InChI=1S/C11H10F2N4/c1-17(9-5-3-2-4-7(9)12)10-8(13)6-15-11(14)16-10/h2-6H,1H3,(H2,14,15,16). The van der Waals surface area contributed by atoms with Crippen molar-refractivity contribution in [2.75, 3.05) is 17.7 Å². The molecule has 17 heavy (non-hydrogen) atoms. The van der Waals surface area contributed by atoms with Crippen molar-refractivity contribution in [3.63, 3.8) is 0 Å². The van der Waals surface area contributed by atoms with E-state index >= 15 is 0 Å². The average molecular weight is 236 g/mol. The number of anilines is 3. The molecule has 0 saturated carbocycles. The molecule has 2 rings (SSSR count). The molecule has 1 aromatic carbocycles. The van der Waals surface area contributed by atoms with Crippen molar-refractivity contribution in [2.45, 2.75) is 0 Å². The monoisotopic (exact) mass is 236 g/mol. The van der Waals surface area contributed by atoms with E-state index in [2.05, 4.69) is 9.97 Å². The van der Waals surface area contributed by atoms with E-state index in [-0.39, 0.29) is 17.5 Å². The summed E-state index contributed by atoms with van der Waals surface area (Å²) in [4.78, 5) is 8.53. The highest BCUT2D eigenvalue weighted by molar-refractivity contribution is 5.60. The fourth-order valence-corrected chi connectivity index (χ4v) is 1.44. The van der Waals surface area contributed by atoms with Crippen molar-refractivity contribution in [1.82, 2.24) is 9.97 Å². The Hall–Kier alpha value is -2.24. The van der Waals surface area contributed by atoms with Crippen LogP contribution in [0.2, 0.25) is 0 Å². The first-order valence-corrected chi connectivity index (χ1v) is 4.86. The van der Waals surface area contributed by atoms with Crippen molar-refractivity contribution in [3.8, 4) is 0 Å². The Kier molecular flexibility index (Phi) is 2.86. The second kappa shape index (κ2) is 4.32. The highest BCUT2D eigenvalue weighted by atomic mass is 19.1. The molecule has 88 valence electrons. The summed E-state index contributed by atoms with van der Waals surface area (Å²) < 4.78 is 27.0. The SMILES string of the molecule is CN(c1ccccc1F)c1nc(N)ncc1F. The lowest BCUT2D eigenvalue weighted by Crippen LogP contribution is -2.15. The Bertz CT molecular complexity index is 545. The second-order valence-corrected chi connectivity index (χ2v) is 3.41. The van der Waals surface area contributed by atoms with Crippen molar-refractivity contribution < 1.29 is 8.78 Å². The summed E-state index contributed by atoms with van der Waals surface area (Å²) in [6.07, 6.45) is 0.953. The third kappa shape index (κ3) is 2.15. The predicted octanol–water partition coefficient (Wildman–Crippen LogP) is 2.10. The van der Waals surface area contributed by atoms with Gasteiger partial charge in [-0.15, -0.1) is 0 Å². The zero-order valence-electron chi connectivity index (χ0n) is 9.06. The van der Waals surface area contributed by atoms with Crippen LogP contribution in [-0.4, -0.2) is 17.0 Å². The van der Waals surface area contributed by atoms with Crippen molar-refractivity contribution in [2.24, 2.45) is 0 Å². The molecular weight excluding hydrogens is 226 g/mol. The van der Waals surface area contributed by atoms with Crippen LogP contribution in [-0.2, 0) is 0 Å². The van der Waals surface area contributed by atoms with Crippen LogP contribution in [0.5, 0.6) is 0 Å². The Balaban J connectivity index is 2.47. The maximum absolute atomic E-state index is 13.5. The van der Waals surface area contributed by atoms with E-state index in [9.17, 15) is 8.78 Å². The molecule has 0 fully saturated rings. The van der Waals surface area contributed by atoms with Crippen LogP contribution in [0, 0.1) is 11.6 Å². The molecule has 0 atom stereocenters. The van der Waals surface area contributed by atoms with E-state index in [1.165, 1.54) is 24.1 Å². The van der Waals surface area contributed by atoms with E-state index in [4.69, 9.17) is 5.73 Å². The van der Waals surface area contributed by atoms with Gasteiger partial charge in [0, 0.05) is 7.05 Å². The van der Waals surface area contributed by atoms with E-state index < -0.39 is 11.6 Å². The number of nitrogen functional groups attached to an aromatic ring is 1. The molecule has 0 unspecified atom stereocenters. The highest BCUT2D eigenvalue weighted by Crippen LogP contribution is 2.26. The van der Waals surface area contributed by atoms with Gasteiger partial charge in [-0.25, -0.2) is 13.8 Å². The molecule has 0 amide bonds. The average Bonchev–Trinajstić information content (AvgIpc) is 2.32. The molecule has 1 aromatic heterocycles. The number of nitrogens with two attached hydrogens (primary N) is 1. The predicted molar refractivity (Wildman–Crippen MR) is 60.9 cm³/mol. The fraction of sp³-hybridized carbons (Fsp3) is 0.0909. The Morgan fingerprint density at radius 3 is 2.59 bits per heavy atom. The van der Waals surface area contributed by atoms with Gasteiger partial charge in [-0.3, -0.25) is 0 Å². The van der Waals surface area contributed by atoms with E-state index in [0.717, 1.165) is 6.20 Å². The minimum Gasteiger partial charge on any atom is -0.368 e. The lowest BCUT2D eigenvalue weighted by atomic mass is 10.3. The summed E-state index contributed by atoms with van der Waals surface area (Å²) in [5.41, 5.74) is 5.58. The van der Waals surface area contributed by atoms with Gasteiger partial charge in [-0.1, -0.05) is 12.1 Å². The molecule has 4 nitrogen and oxygen atoms in total. The molecule has 0 saturated heterocycles.